The normalized spacial score (nSPS) is 16.6. The highest BCUT2D eigenvalue weighted by atomic mass is 16.5. The molecule has 108 valence electrons. The van der Waals surface area contributed by atoms with Gasteiger partial charge in [0.2, 0.25) is 0 Å². The van der Waals surface area contributed by atoms with E-state index in [1.54, 1.807) is 17.0 Å². The predicted molar refractivity (Wildman–Crippen MR) is 70.4 cm³/mol. The molecule has 1 unspecified atom stereocenters. The summed E-state index contributed by atoms with van der Waals surface area (Å²) in [5, 5.41) is 9.57. The zero-order chi connectivity index (χ0) is 14.5. The van der Waals surface area contributed by atoms with E-state index in [9.17, 15) is 14.7 Å². The first-order chi connectivity index (χ1) is 9.59. The van der Waals surface area contributed by atoms with E-state index in [1.165, 1.54) is 19.1 Å². The molecule has 1 aliphatic rings. The summed E-state index contributed by atoms with van der Waals surface area (Å²) < 4.78 is 10.3. The van der Waals surface area contributed by atoms with Crippen LogP contribution in [0.5, 0.6) is 5.75 Å². The molecule has 20 heavy (non-hydrogen) atoms. The van der Waals surface area contributed by atoms with Crippen LogP contribution >= 0.6 is 0 Å². The molecule has 1 aromatic rings. The van der Waals surface area contributed by atoms with Crippen LogP contribution in [0, 0.1) is 0 Å². The molecule has 1 fully saturated rings. The van der Waals surface area contributed by atoms with Gasteiger partial charge in [-0.1, -0.05) is 12.1 Å². The summed E-state index contributed by atoms with van der Waals surface area (Å²) in [7, 11) is 0. The Hall–Kier alpha value is -2.08. The van der Waals surface area contributed by atoms with Crippen molar-refractivity contribution in [2.24, 2.45) is 0 Å². The Kier molecular flexibility index (Phi) is 4.57. The van der Waals surface area contributed by atoms with Gasteiger partial charge in [-0.25, -0.2) is 4.79 Å². The number of esters is 1. The molecule has 0 radical (unpaired) electrons. The second-order valence-electron chi connectivity index (χ2n) is 4.50. The van der Waals surface area contributed by atoms with Crippen LogP contribution in [0.2, 0.25) is 0 Å². The average molecular weight is 279 g/mol. The summed E-state index contributed by atoms with van der Waals surface area (Å²) in [6.45, 7) is 3.50. The smallest absolute Gasteiger partial charge is 0.342 e. The lowest BCUT2D eigenvalue weighted by atomic mass is 10.2. The molecule has 1 amide bonds. The number of nitrogens with zero attached hydrogens (tertiary/aromatic N) is 1. The minimum atomic E-state index is -0.889. The van der Waals surface area contributed by atoms with E-state index in [0.717, 1.165) is 0 Å². The maximum absolute atomic E-state index is 12.1. The zero-order valence-electron chi connectivity index (χ0n) is 11.2. The molecular formula is C14H17NO5. The van der Waals surface area contributed by atoms with Crippen molar-refractivity contribution >= 4 is 11.9 Å². The lowest BCUT2D eigenvalue weighted by molar-refractivity contribution is -0.143. The quantitative estimate of drug-likeness (QED) is 0.828. The third-order valence-electron chi connectivity index (χ3n) is 3.08. The van der Waals surface area contributed by atoms with Crippen molar-refractivity contribution in [3.8, 4) is 5.75 Å². The van der Waals surface area contributed by atoms with Crippen molar-refractivity contribution in [1.29, 1.82) is 0 Å². The van der Waals surface area contributed by atoms with Gasteiger partial charge in [-0.05, 0) is 19.1 Å². The number of carbonyl (C=O) groups is 2. The van der Waals surface area contributed by atoms with E-state index < -0.39 is 12.1 Å². The van der Waals surface area contributed by atoms with Gasteiger partial charge >= 0.3 is 5.97 Å². The second kappa shape index (κ2) is 6.38. The van der Waals surface area contributed by atoms with Gasteiger partial charge in [0, 0.05) is 13.1 Å². The Balaban J connectivity index is 1.97. The maximum Gasteiger partial charge on any atom is 0.342 e. The fourth-order valence-electron chi connectivity index (χ4n) is 1.96. The van der Waals surface area contributed by atoms with E-state index in [-0.39, 0.29) is 17.2 Å². The van der Waals surface area contributed by atoms with Gasteiger partial charge in [-0.2, -0.15) is 0 Å². The van der Waals surface area contributed by atoms with Crippen molar-refractivity contribution in [3.05, 3.63) is 29.8 Å². The predicted octanol–water partition coefficient (Wildman–Crippen LogP) is 0.796. The zero-order valence-corrected chi connectivity index (χ0v) is 11.2. The number of para-hydroxylation sites is 1. The van der Waals surface area contributed by atoms with Crippen molar-refractivity contribution in [2.75, 3.05) is 26.3 Å². The fourth-order valence-corrected chi connectivity index (χ4v) is 1.96. The number of hydrogen-bond acceptors (Lipinski definition) is 5. The first-order valence-corrected chi connectivity index (χ1v) is 6.45. The van der Waals surface area contributed by atoms with Gasteiger partial charge < -0.3 is 19.5 Å². The standard InChI is InChI=1S/C14H17NO5/c1-10(13(17)15-6-8-19-9-7-15)20-14(18)11-4-2-3-5-12(11)16/h2-5,10,16H,6-9H2,1H3. The van der Waals surface area contributed by atoms with Crippen molar-refractivity contribution in [1.82, 2.24) is 4.90 Å². The Morgan fingerprint density at radius 2 is 1.95 bits per heavy atom. The number of ether oxygens (including phenoxy) is 2. The summed E-state index contributed by atoms with van der Waals surface area (Å²) in [6.07, 6.45) is -0.889. The van der Waals surface area contributed by atoms with Gasteiger partial charge in [-0.15, -0.1) is 0 Å². The number of phenolic OH excluding ortho intramolecular Hbond substituents is 1. The third kappa shape index (κ3) is 3.27. The molecule has 1 heterocycles. The van der Waals surface area contributed by atoms with E-state index in [4.69, 9.17) is 9.47 Å². The van der Waals surface area contributed by atoms with Crippen LogP contribution in [0.4, 0.5) is 0 Å². The largest absolute Gasteiger partial charge is 0.507 e. The number of morpholine rings is 1. The van der Waals surface area contributed by atoms with E-state index in [0.29, 0.717) is 26.3 Å². The number of rotatable bonds is 3. The van der Waals surface area contributed by atoms with Crippen LogP contribution in [-0.4, -0.2) is 54.3 Å². The summed E-state index contributed by atoms with van der Waals surface area (Å²) in [5.41, 5.74) is 0.0501. The van der Waals surface area contributed by atoms with Crippen LogP contribution in [0.3, 0.4) is 0 Å². The summed E-state index contributed by atoms with van der Waals surface area (Å²) in [6, 6.07) is 6.06. The van der Waals surface area contributed by atoms with Gasteiger partial charge in [0.1, 0.15) is 11.3 Å². The summed E-state index contributed by atoms with van der Waals surface area (Å²) in [4.78, 5) is 25.6. The van der Waals surface area contributed by atoms with Crippen LogP contribution in [0.15, 0.2) is 24.3 Å². The molecule has 1 aromatic carbocycles. The number of benzene rings is 1. The molecule has 1 N–H and O–H groups in total. The topological polar surface area (TPSA) is 76.1 Å². The van der Waals surface area contributed by atoms with Gasteiger partial charge in [0.15, 0.2) is 6.10 Å². The molecule has 0 bridgehead atoms. The van der Waals surface area contributed by atoms with Crippen LogP contribution in [0.25, 0.3) is 0 Å². The first-order valence-electron chi connectivity index (χ1n) is 6.45. The Morgan fingerprint density at radius 3 is 2.60 bits per heavy atom. The highest BCUT2D eigenvalue weighted by Gasteiger charge is 2.26. The number of phenols is 1. The highest BCUT2D eigenvalue weighted by molar-refractivity contribution is 5.94. The first kappa shape index (κ1) is 14.3. The van der Waals surface area contributed by atoms with Gasteiger partial charge in [0.25, 0.3) is 5.91 Å². The number of carbonyl (C=O) groups excluding carboxylic acids is 2. The van der Waals surface area contributed by atoms with E-state index >= 15 is 0 Å². The third-order valence-corrected chi connectivity index (χ3v) is 3.08. The van der Waals surface area contributed by atoms with Crippen LogP contribution in [-0.2, 0) is 14.3 Å². The molecule has 0 aliphatic carbocycles. The van der Waals surface area contributed by atoms with Crippen LogP contribution in [0.1, 0.15) is 17.3 Å². The minimum absolute atomic E-state index is 0.0501. The van der Waals surface area contributed by atoms with Gasteiger partial charge in [0.05, 0.1) is 13.2 Å². The SMILES string of the molecule is CC(OC(=O)c1ccccc1O)C(=O)N1CCOCC1. The fraction of sp³-hybridized carbons (Fsp3) is 0.429. The molecule has 1 aliphatic heterocycles. The molecule has 2 rings (SSSR count). The molecule has 1 saturated heterocycles. The van der Waals surface area contributed by atoms with Crippen molar-refractivity contribution in [3.63, 3.8) is 0 Å². The van der Waals surface area contributed by atoms with Gasteiger partial charge in [-0.3, -0.25) is 4.79 Å². The summed E-state index contributed by atoms with van der Waals surface area (Å²) in [5.74, 6) is -1.13. The van der Waals surface area contributed by atoms with E-state index in [2.05, 4.69) is 0 Å². The molecule has 0 spiro atoms. The monoisotopic (exact) mass is 279 g/mol. The lowest BCUT2D eigenvalue weighted by Crippen LogP contribution is -2.46. The number of aromatic hydroxyl groups is 1. The molecule has 1 atom stereocenters. The van der Waals surface area contributed by atoms with Crippen LogP contribution < -0.4 is 0 Å². The van der Waals surface area contributed by atoms with Crippen molar-refractivity contribution < 1.29 is 24.2 Å². The number of amides is 1. The minimum Gasteiger partial charge on any atom is -0.507 e. The molecule has 6 heteroatoms. The van der Waals surface area contributed by atoms with E-state index in [1.807, 2.05) is 0 Å². The Morgan fingerprint density at radius 1 is 1.30 bits per heavy atom. The molecule has 0 aromatic heterocycles. The highest BCUT2D eigenvalue weighted by Crippen LogP contribution is 2.17. The molecular weight excluding hydrogens is 262 g/mol. The average Bonchev–Trinajstić information content (AvgIpc) is 2.47. The Labute approximate surface area is 116 Å². The maximum atomic E-state index is 12.1. The van der Waals surface area contributed by atoms with Crippen molar-refractivity contribution in [2.45, 2.75) is 13.0 Å². The molecule has 0 saturated carbocycles. The number of hydrogen-bond donors (Lipinski definition) is 1. The summed E-state index contributed by atoms with van der Waals surface area (Å²) >= 11 is 0. The molecule has 6 nitrogen and oxygen atoms in total. The second-order valence-corrected chi connectivity index (χ2v) is 4.50. The lowest BCUT2D eigenvalue weighted by Gasteiger charge is -2.28. The Bertz CT molecular complexity index is 496.